The molecule has 3 rings (SSSR count). The normalized spacial score (nSPS) is 14.4. The van der Waals surface area contributed by atoms with Crippen LogP contribution in [0.1, 0.15) is 18.5 Å². The molecule has 1 aromatic heterocycles. The molecule has 0 unspecified atom stereocenters. The molecule has 0 spiro atoms. The summed E-state index contributed by atoms with van der Waals surface area (Å²) in [4.78, 5) is 4.49. The van der Waals surface area contributed by atoms with Gasteiger partial charge >= 0.3 is 0 Å². The fourth-order valence-corrected chi connectivity index (χ4v) is 2.85. The van der Waals surface area contributed by atoms with E-state index in [9.17, 15) is 0 Å². The Morgan fingerprint density at radius 1 is 1.30 bits per heavy atom. The number of thiazole rings is 1. The molecule has 0 saturated heterocycles. The van der Waals surface area contributed by atoms with Gasteiger partial charge in [-0.2, -0.15) is 0 Å². The van der Waals surface area contributed by atoms with E-state index in [0.29, 0.717) is 0 Å². The molecule has 3 nitrogen and oxygen atoms in total. The van der Waals surface area contributed by atoms with Crippen molar-refractivity contribution in [3.05, 3.63) is 35.3 Å². The monoisotopic (exact) mass is 288 g/mol. The summed E-state index contributed by atoms with van der Waals surface area (Å²) in [5, 5.41) is 6.57. The Kier molecular flexibility index (Phi) is 4.33. The number of aryl methyl sites for hydroxylation is 1. The summed E-state index contributed by atoms with van der Waals surface area (Å²) in [6.45, 7) is 4.81. The molecule has 2 aromatic rings. The van der Waals surface area contributed by atoms with Gasteiger partial charge in [0.2, 0.25) is 0 Å². The molecule has 1 aliphatic rings. The second kappa shape index (κ2) is 6.37. The van der Waals surface area contributed by atoms with Crippen LogP contribution >= 0.6 is 11.3 Å². The average Bonchev–Trinajstić information content (AvgIpc) is 3.19. The van der Waals surface area contributed by atoms with Gasteiger partial charge in [-0.3, -0.25) is 0 Å². The Hall–Kier alpha value is -1.39. The van der Waals surface area contributed by atoms with E-state index in [1.165, 1.54) is 12.8 Å². The molecule has 0 radical (unpaired) electrons. The summed E-state index contributed by atoms with van der Waals surface area (Å²) in [5.41, 5.74) is 2.23. The fraction of sp³-hybridized carbons (Fsp3) is 0.438. The van der Waals surface area contributed by atoms with Crippen molar-refractivity contribution in [1.82, 2.24) is 10.3 Å². The van der Waals surface area contributed by atoms with Crippen molar-refractivity contribution in [3.63, 3.8) is 0 Å². The third kappa shape index (κ3) is 3.81. The maximum absolute atomic E-state index is 5.72. The SMILES string of the molecule is Cc1csc(-c2ccc(OCCNCC3CC3)cc2)n1. The van der Waals surface area contributed by atoms with Crippen molar-refractivity contribution in [2.24, 2.45) is 5.92 Å². The fourth-order valence-electron chi connectivity index (χ4n) is 2.05. The number of hydrogen-bond donors (Lipinski definition) is 1. The first-order valence-electron chi connectivity index (χ1n) is 7.17. The smallest absolute Gasteiger partial charge is 0.123 e. The second-order valence-corrected chi connectivity index (χ2v) is 6.17. The lowest BCUT2D eigenvalue weighted by Gasteiger charge is -2.07. The van der Waals surface area contributed by atoms with Crippen molar-refractivity contribution in [1.29, 1.82) is 0 Å². The largest absolute Gasteiger partial charge is 0.492 e. The topological polar surface area (TPSA) is 34.1 Å². The van der Waals surface area contributed by atoms with E-state index >= 15 is 0 Å². The molecule has 20 heavy (non-hydrogen) atoms. The molecular formula is C16H20N2OS. The van der Waals surface area contributed by atoms with Crippen LogP contribution in [0.2, 0.25) is 0 Å². The lowest BCUT2D eigenvalue weighted by atomic mass is 10.2. The highest BCUT2D eigenvalue weighted by molar-refractivity contribution is 7.13. The van der Waals surface area contributed by atoms with Crippen LogP contribution in [0.15, 0.2) is 29.6 Å². The van der Waals surface area contributed by atoms with Crippen LogP contribution in [-0.4, -0.2) is 24.7 Å². The van der Waals surface area contributed by atoms with Crippen LogP contribution in [0.5, 0.6) is 5.75 Å². The van der Waals surface area contributed by atoms with E-state index in [1.807, 2.05) is 19.1 Å². The van der Waals surface area contributed by atoms with Gasteiger partial charge in [0.15, 0.2) is 0 Å². The van der Waals surface area contributed by atoms with Crippen LogP contribution in [0.4, 0.5) is 0 Å². The average molecular weight is 288 g/mol. The van der Waals surface area contributed by atoms with Gasteiger partial charge in [-0.25, -0.2) is 4.98 Å². The van der Waals surface area contributed by atoms with Gasteiger partial charge in [-0.1, -0.05) is 0 Å². The molecule has 1 N–H and O–H groups in total. The van der Waals surface area contributed by atoms with Crippen LogP contribution in [0, 0.1) is 12.8 Å². The van der Waals surface area contributed by atoms with E-state index in [4.69, 9.17) is 4.74 Å². The van der Waals surface area contributed by atoms with E-state index in [0.717, 1.165) is 47.6 Å². The van der Waals surface area contributed by atoms with Gasteiger partial charge in [0.1, 0.15) is 17.4 Å². The van der Waals surface area contributed by atoms with Crippen LogP contribution in [0.25, 0.3) is 10.6 Å². The lowest BCUT2D eigenvalue weighted by molar-refractivity contribution is 0.313. The lowest BCUT2D eigenvalue weighted by Crippen LogP contribution is -2.23. The standard InChI is InChI=1S/C16H20N2OS/c1-12-11-20-16(18-12)14-4-6-15(7-5-14)19-9-8-17-10-13-2-3-13/h4-7,11,13,17H,2-3,8-10H2,1H3. The van der Waals surface area contributed by atoms with Crippen LogP contribution < -0.4 is 10.1 Å². The number of nitrogens with zero attached hydrogens (tertiary/aromatic N) is 1. The van der Waals surface area contributed by atoms with E-state index in [-0.39, 0.29) is 0 Å². The Balaban J connectivity index is 1.45. The minimum absolute atomic E-state index is 0.725. The molecule has 4 heteroatoms. The minimum atomic E-state index is 0.725. The summed E-state index contributed by atoms with van der Waals surface area (Å²) in [6, 6.07) is 8.19. The third-order valence-electron chi connectivity index (χ3n) is 3.40. The van der Waals surface area contributed by atoms with Crippen molar-refractivity contribution in [3.8, 4) is 16.3 Å². The van der Waals surface area contributed by atoms with Gasteiger partial charge < -0.3 is 10.1 Å². The van der Waals surface area contributed by atoms with E-state index in [2.05, 4.69) is 27.8 Å². The maximum atomic E-state index is 5.72. The zero-order valence-corrected chi connectivity index (χ0v) is 12.6. The van der Waals surface area contributed by atoms with Gasteiger partial charge in [0.05, 0.1) is 0 Å². The molecule has 1 heterocycles. The summed E-state index contributed by atoms with van der Waals surface area (Å²) in [6.07, 6.45) is 2.79. The van der Waals surface area contributed by atoms with Gasteiger partial charge in [-0.05, 0) is 56.5 Å². The van der Waals surface area contributed by atoms with Crippen molar-refractivity contribution >= 4 is 11.3 Å². The summed E-state index contributed by atoms with van der Waals surface area (Å²) >= 11 is 1.68. The van der Waals surface area contributed by atoms with Crippen molar-refractivity contribution in [2.45, 2.75) is 19.8 Å². The summed E-state index contributed by atoms with van der Waals surface area (Å²) < 4.78 is 5.72. The Labute approximate surface area is 124 Å². The summed E-state index contributed by atoms with van der Waals surface area (Å²) in [5.74, 6) is 1.85. The highest BCUT2D eigenvalue weighted by atomic mass is 32.1. The van der Waals surface area contributed by atoms with Gasteiger partial charge in [-0.15, -0.1) is 11.3 Å². The number of aromatic nitrogens is 1. The second-order valence-electron chi connectivity index (χ2n) is 5.31. The highest BCUT2D eigenvalue weighted by Crippen LogP contribution is 2.27. The predicted octanol–water partition coefficient (Wildman–Crippen LogP) is 3.50. The Morgan fingerprint density at radius 3 is 2.75 bits per heavy atom. The molecule has 0 amide bonds. The number of rotatable bonds is 7. The molecule has 0 bridgehead atoms. The first-order chi connectivity index (χ1) is 9.81. The maximum Gasteiger partial charge on any atom is 0.123 e. The molecule has 1 aliphatic carbocycles. The number of ether oxygens (including phenoxy) is 1. The minimum Gasteiger partial charge on any atom is -0.492 e. The molecule has 1 fully saturated rings. The number of hydrogen-bond acceptors (Lipinski definition) is 4. The van der Waals surface area contributed by atoms with Crippen LogP contribution in [0.3, 0.4) is 0 Å². The third-order valence-corrected chi connectivity index (χ3v) is 4.41. The van der Waals surface area contributed by atoms with Crippen LogP contribution in [-0.2, 0) is 0 Å². The number of benzene rings is 1. The Bertz CT molecular complexity index is 546. The Morgan fingerprint density at radius 2 is 2.10 bits per heavy atom. The first kappa shape index (κ1) is 13.6. The molecule has 0 aliphatic heterocycles. The summed E-state index contributed by atoms with van der Waals surface area (Å²) in [7, 11) is 0. The highest BCUT2D eigenvalue weighted by Gasteiger charge is 2.19. The van der Waals surface area contributed by atoms with Gasteiger partial charge in [0, 0.05) is 23.2 Å². The molecule has 1 aromatic carbocycles. The zero-order chi connectivity index (χ0) is 13.8. The van der Waals surface area contributed by atoms with Crippen molar-refractivity contribution < 1.29 is 4.74 Å². The van der Waals surface area contributed by atoms with Gasteiger partial charge in [0.25, 0.3) is 0 Å². The molecule has 1 saturated carbocycles. The van der Waals surface area contributed by atoms with E-state index in [1.54, 1.807) is 11.3 Å². The van der Waals surface area contributed by atoms with Crippen molar-refractivity contribution in [2.75, 3.05) is 19.7 Å². The number of nitrogens with one attached hydrogen (secondary N) is 1. The molecule has 106 valence electrons. The quantitative estimate of drug-likeness (QED) is 0.792. The molecule has 0 atom stereocenters. The predicted molar refractivity (Wildman–Crippen MR) is 83.4 cm³/mol. The zero-order valence-electron chi connectivity index (χ0n) is 11.8. The molecular weight excluding hydrogens is 268 g/mol. The first-order valence-corrected chi connectivity index (χ1v) is 8.05. The van der Waals surface area contributed by atoms with E-state index < -0.39 is 0 Å².